The summed E-state index contributed by atoms with van der Waals surface area (Å²) in [4.78, 5) is 10.7. The standard InChI is InChI=1S/C11H15FN2O2/c12-10-3-2-8(11(15)16)6-9(10)7-14-5-1-4-13/h2-3,6,14H,1,4-5,7,13H2,(H,15,16). The summed E-state index contributed by atoms with van der Waals surface area (Å²) in [7, 11) is 0. The van der Waals surface area contributed by atoms with E-state index >= 15 is 0 Å². The van der Waals surface area contributed by atoms with Crippen LogP contribution in [0.2, 0.25) is 0 Å². The molecule has 1 rings (SSSR count). The number of benzene rings is 1. The highest BCUT2D eigenvalue weighted by Gasteiger charge is 2.07. The molecule has 0 atom stereocenters. The first-order chi connectivity index (χ1) is 7.65. The smallest absolute Gasteiger partial charge is 0.335 e. The molecule has 5 heteroatoms. The molecule has 0 heterocycles. The fourth-order valence-corrected chi connectivity index (χ4v) is 1.29. The van der Waals surface area contributed by atoms with Gasteiger partial charge in [-0.15, -0.1) is 0 Å². The molecule has 4 nitrogen and oxygen atoms in total. The largest absolute Gasteiger partial charge is 0.478 e. The summed E-state index contributed by atoms with van der Waals surface area (Å²) < 4.78 is 13.3. The van der Waals surface area contributed by atoms with Gasteiger partial charge in [0.05, 0.1) is 5.56 Å². The molecule has 0 amide bonds. The zero-order chi connectivity index (χ0) is 12.0. The highest BCUT2D eigenvalue weighted by molar-refractivity contribution is 5.87. The van der Waals surface area contributed by atoms with Crippen molar-refractivity contribution in [2.75, 3.05) is 13.1 Å². The maximum atomic E-state index is 13.3. The van der Waals surface area contributed by atoms with Crippen LogP contribution in [0.3, 0.4) is 0 Å². The predicted molar refractivity (Wildman–Crippen MR) is 58.7 cm³/mol. The molecule has 0 fully saturated rings. The number of carboxylic acids is 1. The molecule has 0 aliphatic carbocycles. The fourth-order valence-electron chi connectivity index (χ4n) is 1.29. The van der Waals surface area contributed by atoms with Gasteiger partial charge >= 0.3 is 5.97 Å². The summed E-state index contributed by atoms with van der Waals surface area (Å²) in [5, 5.41) is 11.7. The minimum atomic E-state index is -1.05. The normalized spacial score (nSPS) is 10.4. The highest BCUT2D eigenvalue weighted by Crippen LogP contribution is 2.10. The second-order valence-corrected chi connectivity index (χ2v) is 3.43. The lowest BCUT2D eigenvalue weighted by Gasteiger charge is -2.06. The molecule has 0 saturated heterocycles. The molecule has 88 valence electrons. The van der Waals surface area contributed by atoms with Crippen LogP contribution in [0.25, 0.3) is 0 Å². The van der Waals surface area contributed by atoms with E-state index in [1.54, 1.807) is 0 Å². The van der Waals surface area contributed by atoms with Gasteiger partial charge in [0.1, 0.15) is 5.82 Å². The number of hydrogen-bond acceptors (Lipinski definition) is 3. The number of carboxylic acid groups (broad SMARTS) is 1. The van der Waals surface area contributed by atoms with Crippen molar-refractivity contribution >= 4 is 5.97 Å². The molecule has 0 bridgehead atoms. The molecule has 1 aromatic carbocycles. The zero-order valence-electron chi connectivity index (χ0n) is 8.87. The minimum absolute atomic E-state index is 0.0945. The molecule has 0 aliphatic heterocycles. The third kappa shape index (κ3) is 3.60. The fraction of sp³-hybridized carbons (Fsp3) is 0.364. The topological polar surface area (TPSA) is 75.3 Å². The quantitative estimate of drug-likeness (QED) is 0.632. The van der Waals surface area contributed by atoms with Crippen LogP contribution < -0.4 is 11.1 Å². The Kier molecular flexibility index (Phi) is 4.88. The van der Waals surface area contributed by atoms with E-state index in [9.17, 15) is 9.18 Å². The molecule has 16 heavy (non-hydrogen) atoms. The summed E-state index contributed by atoms with van der Waals surface area (Å²) in [6, 6.07) is 3.76. The molecular formula is C11H15FN2O2. The molecular weight excluding hydrogens is 211 g/mol. The molecule has 0 aromatic heterocycles. The Morgan fingerprint density at radius 2 is 2.25 bits per heavy atom. The summed E-state index contributed by atoms with van der Waals surface area (Å²) in [5.41, 5.74) is 5.76. The lowest BCUT2D eigenvalue weighted by Crippen LogP contribution is -2.18. The number of rotatable bonds is 6. The van der Waals surface area contributed by atoms with E-state index in [4.69, 9.17) is 10.8 Å². The number of carbonyl (C=O) groups is 1. The van der Waals surface area contributed by atoms with Crippen molar-refractivity contribution in [3.63, 3.8) is 0 Å². The third-order valence-electron chi connectivity index (χ3n) is 2.17. The second-order valence-electron chi connectivity index (χ2n) is 3.43. The first-order valence-corrected chi connectivity index (χ1v) is 5.07. The van der Waals surface area contributed by atoms with Crippen LogP contribution in [0, 0.1) is 5.82 Å². The molecule has 0 spiro atoms. The third-order valence-corrected chi connectivity index (χ3v) is 2.17. The monoisotopic (exact) mass is 226 g/mol. The zero-order valence-corrected chi connectivity index (χ0v) is 8.87. The Morgan fingerprint density at radius 3 is 2.88 bits per heavy atom. The van der Waals surface area contributed by atoms with E-state index in [0.29, 0.717) is 25.2 Å². The first-order valence-electron chi connectivity index (χ1n) is 5.07. The number of nitrogens with two attached hydrogens (primary N) is 1. The van der Waals surface area contributed by atoms with Crippen molar-refractivity contribution in [3.05, 3.63) is 35.1 Å². The number of hydrogen-bond donors (Lipinski definition) is 3. The Bertz CT molecular complexity index is 369. The first kappa shape index (κ1) is 12.6. The van der Waals surface area contributed by atoms with Crippen LogP contribution >= 0.6 is 0 Å². The van der Waals surface area contributed by atoms with E-state index in [1.807, 2.05) is 0 Å². The second kappa shape index (κ2) is 6.19. The van der Waals surface area contributed by atoms with Crippen molar-refractivity contribution < 1.29 is 14.3 Å². The average molecular weight is 226 g/mol. The Balaban J connectivity index is 2.63. The van der Waals surface area contributed by atoms with Crippen molar-refractivity contribution in [1.82, 2.24) is 5.32 Å². The van der Waals surface area contributed by atoms with Gasteiger partial charge in [0, 0.05) is 12.1 Å². The highest BCUT2D eigenvalue weighted by atomic mass is 19.1. The van der Waals surface area contributed by atoms with Crippen molar-refractivity contribution in [2.24, 2.45) is 5.73 Å². The van der Waals surface area contributed by atoms with Crippen LogP contribution in [0.5, 0.6) is 0 Å². The Labute approximate surface area is 93.3 Å². The lowest BCUT2D eigenvalue weighted by atomic mass is 10.1. The van der Waals surface area contributed by atoms with Gasteiger partial charge in [0.25, 0.3) is 0 Å². The van der Waals surface area contributed by atoms with Gasteiger partial charge in [-0.05, 0) is 37.7 Å². The van der Waals surface area contributed by atoms with Crippen molar-refractivity contribution in [1.29, 1.82) is 0 Å². The van der Waals surface area contributed by atoms with Crippen LogP contribution in [0.15, 0.2) is 18.2 Å². The van der Waals surface area contributed by atoms with Gasteiger partial charge < -0.3 is 16.2 Å². The van der Waals surface area contributed by atoms with E-state index in [1.165, 1.54) is 18.2 Å². The van der Waals surface area contributed by atoms with Crippen LogP contribution in [-0.4, -0.2) is 24.2 Å². The summed E-state index contributed by atoms with van der Waals surface area (Å²) in [5.74, 6) is -1.45. The molecule has 0 saturated carbocycles. The van der Waals surface area contributed by atoms with Gasteiger partial charge in [-0.2, -0.15) is 0 Å². The Hall–Kier alpha value is -1.46. The van der Waals surface area contributed by atoms with Gasteiger partial charge in [-0.25, -0.2) is 9.18 Å². The molecule has 0 aliphatic rings. The molecule has 4 N–H and O–H groups in total. The number of halogens is 1. The van der Waals surface area contributed by atoms with Crippen LogP contribution in [-0.2, 0) is 6.54 Å². The molecule has 0 unspecified atom stereocenters. The van der Waals surface area contributed by atoms with Crippen molar-refractivity contribution in [3.8, 4) is 0 Å². The summed E-state index contributed by atoms with van der Waals surface area (Å²) in [6.45, 7) is 1.57. The lowest BCUT2D eigenvalue weighted by molar-refractivity contribution is 0.0696. The average Bonchev–Trinajstić information content (AvgIpc) is 2.26. The predicted octanol–water partition coefficient (Wildman–Crippen LogP) is 0.962. The van der Waals surface area contributed by atoms with Gasteiger partial charge in [-0.1, -0.05) is 0 Å². The van der Waals surface area contributed by atoms with Gasteiger partial charge in [-0.3, -0.25) is 0 Å². The molecule has 0 radical (unpaired) electrons. The van der Waals surface area contributed by atoms with Gasteiger partial charge in [0.2, 0.25) is 0 Å². The maximum Gasteiger partial charge on any atom is 0.335 e. The van der Waals surface area contributed by atoms with E-state index < -0.39 is 11.8 Å². The number of aromatic carboxylic acids is 1. The maximum absolute atomic E-state index is 13.3. The van der Waals surface area contributed by atoms with Crippen LogP contribution in [0.1, 0.15) is 22.3 Å². The van der Waals surface area contributed by atoms with E-state index in [2.05, 4.69) is 5.32 Å². The number of nitrogens with one attached hydrogen (secondary N) is 1. The van der Waals surface area contributed by atoms with Gasteiger partial charge in [0.15, 0.2) is 0 Å². The summed E-state index contributed by atoms with van der Waals surface area (Å²) >= 11 is 0. The summed E-state index contributed by atoms with van der Waals surface area (Å²) in [6.07, 6.45) is 0.806. The van der Waals surface area contributed by atoms with E-state index in [-0.39, 0.29) is 5.56 Å². The SMILES string of the molecule is NCCCNCc1cc(C(=O)O)ccc1F. The molecule has 1 aromatic rings. The van der Waals surface area contributed by atoms with Crippen LogP contribution in [0.4, 0.5) is 4.39 Å². The van der Waals surface area contributed by atoms with E-state index in [0.717, 1.165) is 6.42 Å². The minimum Gasteiger partial charge on any atom is -0.478 e. The van der Waals surface area contributed by atoms with Crippen molar-refractivity contribution in [2.45, 2.75) is 13.0 Å². The Morgan fingerprint density at radius 1 is 1.50 bits per heavy atom.